The van der Waals surface area contributed by atoms with Gasteiger partial charge < -0.3 is 5.32 Å². The van der Waals surface area contributed by atoms with Crippen molar-refractivity contribution >= 4 is 21.8 Å². The first-order chi connectivity index (χ1) is 6.27. The van der Waals surface area contributed by atoms with Gasteiger partial charge in [0, 0.05) is 17.9 Å². The second-order valence-electron chi connectivity index (χ2n) is 2.72. The lowest BCUT2D eigenvalue weighted by Crippen LogP contribution is -2.17. The summed E-state index contributed by atoms with van der Waals surface area (Å²) in [5.41, 5.74) is 1.95. The maximum atomic E-state index is 11.2. The van der Waals surface area contributed by atoms with Crippen molar-refractivity contribution in [3.05, 3.63) is 35.4 Å². The predicted molar refractivity (Wildman–Crippen MR) is 57.3 cm³/mol. The summed E-state index contributed by atoms with van der Waals surface area (Å²) in [7, 11) is 1.63. The number of benzene rings is 1. The second kappa shape index (κ2) is 5.02. The SMILES string of the molecule is CNC(=O)c1ccc(CCBr)cc1. The molecule has 1 aromatic rings. The molecule has 2 nitrogen and oxygen atoms in total. The Bertz CT molecular complexity index is 281. The fourth-order valence-corrected chi connectivity index (χ4v) is 1.53. The minimum atomic E-state index is -0.0367. The zero-order valence-electron chi connectivity index (χ0n) is 7.51. The Morgan fingerprint density at radius 2 is 2.00 bits per heavy atom. The van der Waals surface area contributed by atoms with Crippen molar-refractivity contribution < 1.29 is 4.79 Å². The molecule has 0 saturated carbocycles. The summed E-state index contributed by atoms with van der Waals surface area (Å²) in [4.78, 5) is 11.2. The van der Waals surface area contributed by atoms with Gasteiger partial charge in [-0.25, -0.2) is 0 Å². The van der Waals surface area contributed by atoms with E-state index in [2.05, 4.69) is 21.2 Å². The van der Waals surface area contributed by atoms with E-state index in [9.17, 15) is 4.79 Å². The monoisotopic (exact) mass is 241 g/mol. The molecule has 0 atom stereocenters. The van der Waals surface area contributed by atoms with E-state index >= 15 is 0 Å². The summed E-state index contributed by atoms with van der Waals surface area (Å²) in [6.45, 7) is 0. The molecule has 0 aliphatic rings. The molecule has 0 heterocycles. The lowest BCUT2D eigenvalue weighted by molar-refractivity contribution is 0.0963. The summed E-state index contributed by atoms with van der Waals surface area (Å²) in [6, 6.07) is 7.64. The van der Waals surface area contributed by atoms with Gasteiger partial charge in [0.15, 0.2) is 0 Å². The van der Waals surface area contributed by atoms with Gasteiger partial charge in [-0.3, -0.25) is 4.79 Å². The Balaban J connectivity index is 2.75. The number of carbonyl (C=O) groups excluding carboxylic acids is 1. The van der Waals surface area contributed by atoms with E-state index < -0.39 is 0 Å². The molecule has 1 N–H and O–H groups in total. The fourth-order valence-electron chi connectivity index (χ4n) is 1.08. The Hall–Kier alpha value is -0.830. The molecule has 3 heteroatoms. The highest BCUT2D eigenvalue weighted by Crippen LogP contribution is 2.05. The van der Waals surface area contributed by atoms with Crippen LogP contribution in [0, 0.1) is 0 Å². The van der Waals surface area contributed by atoms with Crippen LogP contribution in [0.4, 0.5) is 0 Å². The highest BCUT2D eigenvalue weighted by molar-refractivity contribution is 9.09. The Morgan fingerprint density at radius 1 is 1.38 bits per heavy atom. The largest absolute Gasteiger partial charge is 0.355 e. The molecule has 0 saturated heterocycles. The highest BCUT2D eigenvalue weighted by Gasteiger charge is 2.01. The van der Waals surface area contributed by atoms with E-state index in [0.29, 0.717) is 5.56 Å². The minimum absolute atomic E-state index is 0.0367. The third kappa shape index (κ3) is 2.84. The van der Waals surface area contributed by atoms with Gasteiger partial charge in [0.1, 0.15) is 0 Å². The van der Waals surface area contributed by atoms with Crippen LogP contribution in [0.25, 0.3) is 0 Å². The molecule has 70 valence electrons. The lowest BCUT2D eigenvalue weighted by atomic mass is 10.1. The van der Waals surface area contributed by atoms with Crippen molar-refractivity contribution in [2.24, 2.45) is 0 Å². The first-order valence-electron chi connectivity index (χ1n) is 4.15. The number of alkyl halides is 1. The number of hydrogen-bond acceptors (Lipinski definition) is 1. The summed E-state index contributed by atoms with van der Waals surface area (Å²) >= 11 is 3.37. The summed E-state index contributed by atoms with van der Waals surface area (Å²) < 4.78 is 0. The third-order valence-corrected chi connectivity index (χ3v) is 2.22. The van der Waals surface area contributed by atoms with Crippen LogP contribution in [-0.4, -0.2) is 18.3 Å². The van der Waals surface area contributed by atoms with E-state index in [1.54, 1.807) is 7.05 Å². The van der Waals surface area contributed by atoms with Gasteiger partial charge in [-0.1, -0.05) is 28.1 Å². The van der Waals surface area contributed by atoms with E-state index in [-0.39, 0.29) is 5.91 Å². The minimum Gasteiger partial charge on any atom is -0.355 e. The topological polar surface area (TPSA) is 29.1 Å². The van der Waals surface area contributed by atoms with Gasteiger partial charge in [0.05, 0.1) is 0 Å². The van der Waals surface area contributed by atoms with Gasteiger partial charge in [0.2, 0.25) is 0 Å². The molecule has 0 aliphatic carbocycles. The molecule has 0 unspecified atom stereocenters. The molecule has 1 rings (SSSR count). The number of amides is 1. The van der Waals surface area contributed by atoms with E-state index in [0.717, 1.165) is 11.8 Å². The van der Waals surface area contributed by atoms with Crippen LogP contribution in [-0.2, 0) is 6.42 Å². The van der Waals surface area contributed by atoms with E-state index in [1.165, 1.54) is 5.56 Å². The Labute approximate surface area is 86.5 Å². The highest BCUT2D eigenvalue weighted by atomic mass is 79.9. The average molecular weight is 242 g/mol. The number of halogens is 1. The van der Waals surface area contributed by atoms with Crippen molar-refractivity contribution in [1.29, 1.82) is 0 Å². The summed E-state index contributed by atoms with van der Waals surface area (Å²) in [5, 5.41) is 3.54. The van der Waals surface area contributed by atoms with Gasteiger partial charge in [-0.05, 0) is 24.1 Å². The maximum Gasteiger partial charge on any atom is 0.251 e. The van der Waals surface area contributed by atoms with Crippen molar-refractivity contribution in [3.63, 3.8) is 0 Å². The van der Waals surface area contributed by atoms with Gasteiger partial charge in [-0.15, -0.1) is 0 Å². The van der Waals surface area contributed by atoms with Crippen LogP contribution in [0.5, 0.6) is 0 Å². The summed E-state index contributed by atoms with van der Waals surface area (Å²) in [5.74, 6) is -0.0367. The smallest absolute Gasteiger partial charge is 0.251 e. The van der Waals surface area contributed by atoms with E-state index in [1.807, 2.05) is 24.3 Å². The molecule has 0 aliphatic heterocycles. The quantitative estimate of drug-likeness (QED) is 0.807. The van der Waals surface area contributed by atoms with Crippen LogP contribution in [0.1, 0.15) is 15.9 Å². The standard InChI is InChI=1S/C10H12BrNO/c1-12-10(13)9-4-2-8(3-5-9)6-7-11/h2-5H,6-7H2,1H3,(H,12,13). The molecule has 0 spiro atoms. The number of carbonyl (C=O) groups is 1. The molecule has 13 heavy (non-hydrogen) atoms. The van der Waals surface area contributed by atoms with Crippen LogP contribution < -0.4 is 5.32 Å². The van der Waals surface area contributed by atoms with Crippen LogP contribution in [0.15, 0.2) is 24.3 Å². The molecule has 1 aromatic carbocycles. The second-order valence-corrected chi connectivity index (χ2v) is 3.51. The molecule has 1 amide bonds. The Kier molecular flexibility index (Phi) is 3.96. The number of hydrogen-bond donors (Lipinski definition) is 1. The average Bonchev–Trinajstić information content (AvgIpc) is 2.18. The normalized spacial score (nSPS) is 9.69. The maximum absolute atomic E-state index is 11.2. The molecular weight excluding hydrogens is 230 g/mol. The number of rotatable bonds is 3. The fraction of sp³-hybridized carbons (Fsp3) is 0.300. The van der Waals surface area contributed by atoms with Crippen LogP contribution >= 0.6 is 15.9 Å². The third-order valence-electron chi connectivity index (χ3n) is 1.83. The van der Waals surface area contributed by atoms with Crippen LogP contribution in [0.3, 0.4) is 0 Å². The molecule has 0 aromatic heterocycles. The van der Waals surface area contributed by atoms with Crippen LogP contribution in [0.2, 0.25) is 0 Å². The molecule has 0 radical (unpaired) electrons. The first kappa shape index (κ1) is 10.3. The molecular formula is C10H12BrNO. The van der Waals surface area contributed by atoms with Gasteiger partial charge >= 0.3 is 0 Å². The van der Waals surface area contributed by atoms with Crippen molar-refractivity contribution in [3.8, 4) is 0 Å². The Morgan fingerprint density at radius 3 is 2.46 bits per heavy atom. The zero-order chi connectivity index (χ0) is 9.68. The lowest BCUT2D eigenvalue weighted by Gasteiger charge is -2.01. The number of aryl methyl sites for hydroxylation is 1. The van der Waals surface area contributed by atoms with Crippen molar-refractivity contribution in [2.75, 3.05) is 12.4 Å². The zero-order valence-corrected chi connectivity index (χ0v) is 9.10. The van der Waals surface area contributed by atoms with Gasteiger partial charge in [-0.2, -0.15) is 0 Å². The molecule has 0 bridgehead atoms. The first-order valence-corrected chi connectivity index (χ1v) is 5.27. The van der Waals surface area contributed by atoms with E-state index in [4.69, 9.17) is 0 Å². The van der Waals surface area contributed by atoms with Crippen molar-refractivity contribution in [1.82, 2.24) is 5.32 Å². The van der Waals surface area contributed by atoms with Gasteiger partial charge in [0.25, 0.3) is 5.91 Å². The number of nitrogens with one attached hydrogen (secondary N) is 1. The van der Waals surface area contributed by atoms with Crippen molar-refractivity contribution in [2.45, 2.75) is 6.42 Å². The predicted octanol–water partition coefficient (Wildman–Crippen LogP) is 1.98. The molecule has 0 fully saturated rings. The summed E-state index contributed by atoms with van der Waals surface area (Å²) in [6.07, 6.45) is 0.994.